The molecule has 0 bridgehead atoms. The standard InChI is InChI=1S/C17H21NO2/c1-14-4-2-5-16(12-14)20-15-7-9-18(10-8-15)13-17-6-3-11-19-17/h2-6,11-12,15H,7-10,13H2,1H3. The molecule has 0 unspecified atom stereocenters. The van der Waals surface area contributed by atoms with E-state index in [0.717, 1.165) is 44.0 Å². The molecule has 106 valence electrons. The van der Waals surface area contributed by atoms with E-state index in [2.05, 4.69) is 30.0 Å². The summed E-state index contributed by atoms with van der Waals surface area (Å²) < 4.78 is 11.5. The van der Waals surface area contributed by atoms with Gasteiger partial charge in [0.15, 0.2) is 0 Å². The largest absolute Gasteiger partial charge is 0.490 e. The number of aryl methyl sites for hydroxylation is 1. The van der Waals surface area contributed by atoms with E-state index >= 15 is 0 Å². The maximum absolute atomic E-state index is 6.07. The normalized spacial score (nSPS) is 17.2. The summed E-state index contributed by atoms with van der Waals surface area (Å²) >= 11 is 0. The third kappa shape index (κ3) is 3.42. The molecule has 2 aromatic rings. The lowest BCUT2D eigenvalue weighted by atomic mass is 10.1. The van der Waals surface area contributed by atoms with Crippen molar-refractivity contribution in [3.05, 3.63) is 54.0 Å². The van der Waals surface area contributed by atoms with Crippen molar-refractivity contribution >= 4 is 0 Å². The Hall–Kier alpha value is -1.74. The molecule has 0 amide bonds. The van der Waals surface area contributed by atoms with Crippen molar-refractivity contribution in [2.45, 2.75) is 32.4 Å². The Morgan fingerprint density at radius 1 is 1.20 bits per heavy atom. The van der Waals surface area contributed by atoms with Crippen LogP contribution in [-0.4, -0.2) is 24.1 Å². The maximum atomic E-state index is 6.07. The second-order valence-corrected chi connectivity index (χ2v) is 5.49. The van der Waals surface area contributed by atoms with E-state index in [4.69, 9.17) is 9.15 Å². The molecule has 3 rings (SSSR count). The summed E-state index contributed by atoms with van der Waals surface area (Å²) in [6, 6.07) is 12.3. The molecule has 1 aromatic heterocycles. The minimum atomic E-state index is 0.338. The highest BCUT2D eigenvalue weighted by molar-refractivity contribution is 5.27. The smallest absolute Gasteiger partial charge is 0.119 e. The van der Waals surface area contributed by atoms with Crippen LogP contribution in [-0.2, 0) is 6.54 Å². The fourth-order valence-corrected chi connectivity index (χ4v) is 2.69. The highest BCUT2D eigenvalue weighted by Crippen LogP contribution is 2.21. The molecule has 0 spiro atoms. The molecule has 1 aromatic carbocycles. The second-order valence-electron chi connectivity index (χ2n) is 5.49. The van der Waals surface area contributed by atoms with Gasteiger partial charge in [-0.3, -0.25) is 4.90 Å². The van der Waals surface area contributed by atoms with Crippen LogP contribution in [0.2, 0.25) is 0 Å². The van der Waals surface area contributed by atoms with Crippen molar-refractivity contribution in [3.8, 4) is 5.75 Å². The molecular weight excluding hydrogens is 250 g/mol. The van der Waals surface area contributed by atoms with Crippen LogP contribution in [0.15, 0.2) is 47.1 Å². The van der Waals surface area contributed by atoms with Crippen LogP contribution < -0.4 is 4.74 Å². The Bertz CT molecular complexity index is 528. The molecule has 3 heteroatoms. The van der Waals surface area contributed by atoms with Crippen LogP contribution in [0, 0.1) is 6.92 Å². The molecular formula is C17H21NO2. The molecule has 0 saturated carbocycles. The van der Waals surface area contributed by atoms with Gasteiger partial charge in [-0.15, -0.1) is 0 Å². The van der Waals surface area contributed by atoms with Gasteiger partial charge in [0.05, 0.1) is 12.8 Å². The molecule has 3 nitrogen and oxygen atoms in total. The highest BCUT2D eigenvalue weighted by atomic mass is 16.5. The Morgan fingerprint density at radius 3 is 2.75 bits per heavy atom. The van der Waals surface area contributed by atoms with Crippen LogP contribution in [0.25, 0.3) is 0 Å². The lowest BCUT2D eigenvalue weighted by Crippen LogP contribution is -2.37. The lowest BCUT2D eigenvalue weighted by Gasteiger charge is -2.31. The number of furan rings is 1. The quantitative estimate of drug-likeness (QED) is 0.849. The summed E-state index contributed by atoms with van der Waals surface area (Å²) in [6.45, 7) is 5.14. The van der Waals surface area contributed by atoms with E-state index in [1.807, 2.05) is 18.2 Å². The molecule has 1 fully saturated rings. The van der Waals surface area contributed by atoms with E-state index in [-0.39, 0.29) is 0 Å². The van der Waals surface area contributed by atoms with Crippen LogP contribution in [0.3, 0.4) is 0 Å². The number of rotatable bonds is 4. The number of hydrogen-bond donors (Lipinski definition) is 0. The molecule has 0 N–H and O–H groups in total. The first kappa shape index (κ1) is 13.3. The van der Waals surface area contributed by atoms with E-state index in [1.54, 1.807) is 6.26 Å². The lowest BCUT2D eigenvalue weighted by molar-refractivity contribution is 0.0928. The number of nitrogens with zero attached hydrogens (tertiary/aromatic N) is 1. The third-order valence-electron chi connectivity index (χ3n) is 3.79. The fourth-order valence-electron chi connectivity index (χ4n) is 2.69. The predicted molar refractivity (Wildman–Crippen MR) is 78.8 cm³/mol. The van der Waals surface area contributed by atoms with Crippen molar-refractivity contribution in [2.24, 2.45) is 0 Å². The van der Waals surface area contributed by atoms with Crippen LogP contribution in [0.1, 0.15) is 24.2 Å². The minimum absolute atomic E-state index is 0.338. The van der Waals surface area contributed by atoms with Gasteiger partial charge in [-0.05, 0) is 49.6 Å². The maximum Gasteiger partial charge on any atom is 0.119 e. The van der Waals surface area contributed by atoms with E-state index in [9.17, 15) is 0 Å². The Labute approximate surface area is 120 Å². The van der Waals surface area contributed by atoms with E-state index in [0.29, 0.717) is 6.10 Å². The average molecular weight is 271 g/mol. The van der Waals surface area contributed by atoms with E-state index < -0.39 is 0 Å². The summed E-state index contributed by atoms with van der Waals surface area (Å²) in [6.07, 6.45) is 4.23. The van der Waals surface area contributed by atoms with Gasteiger partial charge in [0, 0.05) is 13.1 Å². The molecule has 20 heavy (non-hydrogen) atoms. The van der Waals surface area contributed by atoms with Gasteiger partial charge >= 0.3 is 0 Å². The summed E-state index contributed by atoms with van der Waals surface area (Å²) in [5.41, 5.74) is 1.25. The predicted octanol–water partition coefficient (Wildman–Crippen LogP) is 3.63. The zero-order valence-corrected chi connectivity index (χ0v) is 11.9. The summed E-state index contributed by atoms with van der Waals surface area (Å²) in [7, 11) is 0. The van der Waals surface area contributed by atoms with Gasteiger partial charge in [0.1, 0.15) is 17.6 Å². The number of ether oxygens (including phenoxy) is 1. The van der Waals surface area contributed by atoms with Crippen LogP contribution in [0.4, 0.5) is 0 Å². The Morgan fingerprint density at radius 2 is 2.05 bits per heavy atom. The van der Waals surface area contributed by atoms with Crippen LogP contribution in [0.5, 0.6) is 5.75 Å². The fraction of sp³-hybridized carbons (Fsp3) is 0.412. The SMILES string of the molecule is Cc1cccc(OC2CCN(Cc3ccco3)CC2)c1. The van der Waals surface area contributed by atoms with Gasteiger partial charge < -0.3 is 9.15 Å². The van der Waals surface area contributed by atoms with Crippen molar-refractivity contribution in [1.82, 2.24) is 4.90 Å². The molecule has 0 aliphatic carbocycles. The first-order chi connectivity index (χ1) is 9.79. The number of likely N-dealkylation sites (tertiary alicyclic amines) is 1. The molecule has 0 radical (unpaired) electrons. The van der Waals surface area contributed by atoms with Crippen molar-refractivity contribution in [2.75, 3.05) is 13.1 Å². The minimum Gasteiger partial charge on any atom is -0.490 e. The van der Waals surface area contributed by atoms with Gasteiger partial charge in [0.25, 0.3) is 0 Å². The second kappa shape index (κ2) is 6.14. The van der Waals surface area contributed by atoms with Crippen molar-refractivity contribution in [3.63, 3.8) is 0 Å². The third-order valence-corrected chi connectivity index (χ3v) is 3.79. The molecule has 1 aliphatic rings. The first-order valence-electron chi connectivity index (χ1n) is 7.28. The van der Waals surface area contributed by atoms with Gasteiger partial charge in [-0.2, -0.15) is 0 Å². The number of hydrogen-bond acceptors (Lipinski definition) is 3. The van der Waals surface area contributed by atoms with Crippen LogP contribution >= 0.6 is 0 Å². The van der Waals surface area contributed by atoms with Crippen molar-refractivity contribution in [1.29, 1.82) is 0 Å². The summed E-state index contributed by atoms with van der Waals surface area (Å²) in [5.74, 6) is 2.04. The highest BCUT2D eigenvalue weighted by Gasteiger charge is 2.21. The Kier molecular flexibility index (Phi) is 4.07. The number of benzene rings is 1. The zero-order valence-electron chi connectivity index (χ0n) is 11.9. The first-order valence-corrected chi connectivity index (χ1v) is 7.28. The van der Waals surface area contributed by atoms with Gasteiger partial charge in [-0.1, -0.05) is 12.1 Å². The summed E-state index contributed by atoms with van der Waals surface area (Å²) in [4.78, 5) is 2.43. The van der Waals surface area contributed by atoms with Gasteiger partial charge in [0.2, 0.25) is 0 Å². The van der Waals surface area contributed by atoms with E-state index in [1.165, 1.54) is 5.56 Å². The molecule has 0 atom stereocenters. The number of piperidine rings is 1. The monoisotopic (exact) mass is 271 g/mol. The van der Waals surface area contributed by atoms with Gasteiger partial charge in [-0.25, -0.2) is 0 Å². The zero-order chi connectivity index (χ0) is 13.8. The van der Waals surface area contributed by atoms with Crippen molar-refractivity contribution < 1.29 is 9.15 Å². The molecule has 2 heterocycles. The molecule has 1 aliphatic heterocycles. The Balaban J connectivity index is 1.48. The topological polar surface area (TPSA) is 25.6 Å². The summed E-state index contributed by atoms with van der Waals surface area (Å²) in [5, 5.41) is 0. The average Bonchev–Trinajstić information content (AvgIpc) is 2.94. The molecule has 1 saturated heterocycles.